The quantitative estimate of drug-likeness (QED) is 0.00889. The average Bonchev–Trinajstić information content (AvgIpc) is 0.754. The van der Waals surface area contributed by atoms with Crippen molar-refractivity contribution in [3.05, 3.63) is 12.2 Å². The molecule has 117 heavy (non-hydrogen) atoms. The van der Waals surface area contributed by atoms with Crippen molar-refractivity contribution in [1.29, 1.82) is 0 Å². The molecule has 0 amide bonds. The van der Waals surface area contributed by atoms with Crippen LogP contribution in [0.1, 0.15) is 413 Å². The Balaban J connectivity index is 1.91. The van der Waals surface area contributed by atoms with Gasteiger partial charge >= 0.3 is 31.7 Å². The molecule has 0 spiro atoms. The van der Waals surface area contributed by atoms with Gasteiger partial charge in [0, 0.05) is 25.7 Å². The zero-order chi connectivity index (χ0) is 85.4. The third-order valence-corrected chi connectivity index (χ3v) is 24.3. The molecule has 0 bridgehead atoms. The van der Waals surface area contributed by atoms with Crippen LogP contribution in [-0.4, -0.2) is 205 Å². The smallest absolute Gasteiger partial charge is 0.463 e. The molecule has 1 saturated carbocycles. The predicted octanol–water partition coefficient (Wildman–Crippen LogP) is 17.6. The molecule has 1 aliphatic carbocycles. The summed E-state index contributed by atoms with van der Waals surface area (Å²) >= 11 is 0. The zero-order valence-electron chi connectivity index (χ0n) is 73.3. The first-order valence-electron chi connectivity index (χ1n) is 47.4. The van der Waals surface area contributed by atoms with Crippen molar-refractivity contribution in [1.82, 2.24) is 0 Å². The van der Waals surface area contributed by atoms with Crippen LogP contribution in [0.4, 0.5) is 0 Å². The van der Waals surface area contributed by atoms with Crippen LogP contribution >= 0.6 is 7.82 Å². The molecular weight excluding hydrogens is 1520 g/mol. The van der Waals surface area contributed by atoms with Gasteiger partial charge in [0.1, 0.15) is 92.6 Å². The number of esters is 4. The number of allylic oxidation sites excluding steroid dienone is 2. The van der Waals surface area contributed by atoms with E-state index in [0.29, 0.717) is 32.1 Å². The summed E-state index contributed by atoms with van der Waals surface area (Å²) in [5.41, 5.74) is 0. The number of hydrogen-bond donors (Lipinski definition) is 10. The number of aliphatic hydroxyl groups excluding tert-OH is 9. The summed E-state index contributed by atoms with van der Waals surface area (Å²) in [6.45, 7) is 5.60. The SMILES string of the molecule is CCCCCCCC/C=C\CCCCCC(=O)OCC(COP(=O)(O)OC1C(OC2OC(CO)C(O)C(O)C2O)C(O)C(O)C(OC(=O)CCCCCCCCCCCCCCC)C1OC1OC(COC(=O)CCCCCCCCCCCCCCCCCC)C(O)C(O)C1O)OC(=O)CCCCCCCCCCCCCCCCCC. The predicted molar refractivity (Wildman–Crippen MR) is 453 cm³/mol. The molecule has 3 rings (SSSR count). The van der Waals surface area contributed by atoms with Crippen LogP contribution in [0.3, 0.4) is 0 Å². The maximum atomic E-state index is 14.9. The van der Waals surface area contributed by atoms with Gasteiger partial charge in [0.05, 0.1) is 13.2 Å². The van der Waals surface area contributed by atoms with Crippen molar-refractivity contribution < 1.29 is 122 Å². The molecule has 10 N–H and O–H groups in total. The van der Waals surface area contributed by atoms with Crippen LogP contribution in [0.2, 0.25) is 0 Å². The highest BCUT2D eigenvalue weighted by atomic mass is 31.2. The van der Waals surface area contributed by atoms with Gasteiger partial charge in [0.15, 0.2) is 24.8 Å². The first-order chi connectivity index (χ1) is 56.7. The molecule has 2 heterocycles. The van der Waals surface area contributed by atoms with Crippen LogP contribution in [0.15, 0.2) is 12.2 Å². The van der Waals surface area contributed by atoms with E-state index in [1.165, 1.54) is 199 Å². The van der Waals surface area contributed by atoms with Crippen molar-refractivity contribution in [2.24, 2.45) is 0 Å². The lowest BCUT2D eigenvalue weighted by atomic mass is 9.84. The van der Waals surface area contributed by atoms with Crippen LogP contribution < -0.4 is 0 Å². The van der Waals surface area contributed by atoms with Gasteiger partial charge in [-0.25, -0.2) is 4.57 Å². The molecule has 2 saturated heterocycles. The van der Waals surface area contributed by atoms with Crippen LogP contribution in [-0.2, 0) is 70.7 Å². The molecule has 3 fully saturated rings. The Hall–Kier alpha value is -2.79. The van der Waals surface area contributed by atoms with Gasteiger partial charge < -0.3 is 88.7 Å². The highest BCUT2D eigenvalue weighted by Crippen LogP contribution is 2.49. The maximum Gasteiger partial charge on any atom is 0.472 e. The lowest BCUT2D eigenvalue weighted by Gasteiger charge is -2.50. The average molecular weight is 1690 g/mol. The van der Waals surface area contributed by atoms with Gasteiger partial charge in [0.2, 0.25) is 0 Å². The molecule has 0 radical (unpaired) electrons. The second-order valence-electron chi connectivity index (χ2n) is 33.9. The molecule has 2 aliphatic heterocycles. The van der Waals surface area contributed by atoms with Crippen molar-refractivity contribution in [3.8, 4) is 0 Å². The number of carbonyl (C=O) groups excluding carboxylic acids is 4. The Morgan fingerprint density at radius 1 is 0.333 bits per heavy atom. The molecule has 25 nitrogen and oxygen atoms in total. The van der Waals surface area contributed by atoms with Crippen molar-refractivity contribution in [2.45, 2.75) is 517 Å². The lowest BCUT2D eigenvalue weighted by Crippen LogP contribution is -2.70. The number of carbonyl (C=O) groups is 4. The molecule has 26 heteroatoms. The minimum absolute atomic E-state index is 0.0168. The molecule has 18 unspecified atom stereocenters. The molecule has 0 aromatic carbocycles. The second-order valence-corrected chi connectivity index (χ2v) is 35.3. The van der Waals surface area contributed by atoms with E-state index < -0.39 is 162 Å². The number of rotatable bonds is 77. The van der Waals surface area contributed by atoms with E-state index >= 15 is 0 Å². The molecule has 0 aromatic heterocycles. The van der Waals surface area contributed by atoms with Crippen molar-refractivity contribution in [3.63, 3.8) is 0 Å². The summed E-state index contributed by atoms with van der Waals surface area (Å²) in [6, 6.07) is 0. The standard InChI is InChI=1S/C91H169O25P/c1-5-9-13-17-21-25-29-33-35-37-41-44-48-52-56-60-64-75(94)108-70-73-79(98)81(100)85(104)91(112-73)115-88-86(113-77(96)66-62-58-54-50-45-40-32-28-24-20-16-12-8-4)82(101)83(102)87(114-90-84(103)80(99)78(97)72(67-92)111-90)89(88)116-117(105,106)109-69-71(68-107-74(93)63-59-55-51-47-43-39-31-27-23-19-15-11-7-3)110-76(95)65-61-57-53-49-46-42-38-36-34-30-26-22-18-14-10-6-2/h39,43,71-73,78-92,97-104H,5-38,40-42,44-70H2,1-4H3,(H,105,106)/b43-39-. The highest BCUT2D eigenvalue weighted by Gasteiger charge is 2.60. The first kappa shape index (κ1) is 108. The fraction of sp³-hybridized carbons (Fsp3) is 0.934. The number of phosphoric ester groups is 1. The summed E-state index contributed by atoms with van der Waals surface area (Å²) in [7, 11) is -5.81. The van der Waals surface area contributed by atoms with E-state index in [-0.39, 0.29) is 25.7 Å². The Morgan fingerprint density at radius 3 is 1.03 bits per heavy atom. The van der Waals surface area contributed by atoms with E-state index in [9.17, 15) is 74.6 Å². The number of aliphatic hydroxyl groups is 9. The van der Waals surface area contributed by atoms with Gasteiger partial charge in [-0.05, 0) is 51.4 Å². The Labute approximate surface area is 705 Å². The molecule has 688 valence electrons. The van der Waals surface area contributed by atoms with Gasteiger partial charge in [-0.3, -0.25) is 28.2 Å². The van der Waals surface area contributed by atoms with Crippen molar-refractivity contribution in [2.75, 3.05) is 26.4 Å². The first-order valence-corrected chi connectivity index (χ1v) is 48.9. The Kier molecular flexibility index (Phi) is 65.3. The molecule has 18 atom stereocenters. The van der Waals surface area contributed by atoms with Gasteiger partial charge in [-0.1, -0.05) is 348 Å². The number of unbranched alkanes of at least 4 members (excludes halogenated alkanes) is 51. The summed E-state index contributed by atoms with van der Waals surface area (Å²) < 4.78 is 73.4. The number of hydrogen-bond acceptors (Lipinski definition) is 24. The molecule has 3 aliphatic rings. The highest BCUT2D eigenvalue weighted by molar-refractivity contribution is 7.47. The minimum atomic E-state index is -5.81. The van der Waals surface area contributed by atoms with E-state index in [4.69, 9.17) is 46.9 Å². The van der Waals surface area contributed by atoms with Crippen LogP contribution in [0, 0.1) is 0 Å². The van der Waals surface area contributed by atoms with Gasteiger partial charge in [-0.15, -0.1) is 0 Å². The third kappa shape index (κ3) is 50.7. The zero-order valence-corrected chi connectivity index (χ0v) is 74.2. The summed E-state index contributed by atoms with van der Waals surface area (Å²) in [4.78, 5) is 66.4. The third-order valence-electron chi connectivity index (χ3n) is 23.3. The maximum absolute atomic E-state index is 14.9. The summed E-state index contributed by atoms with van der Waals surface area (Å²) in [6.07, 6.45) is 29.2. The number of ether oxygens (including phenoxy) is 8. The van der Waals surface area contributed by atoms with Gasteiger partial charge in [0.25, 0.3) is 0 Å². The van der Waals surface area contributed by atoms with Crippen LogP contribution in [0.5, 0.6) is 0 Å². The number of phosphoric acid groups is 1. The molecular formula is C91H169O25P. The van der Waals surface area contributed by atoms with E-state index in [2.05, 4.69) is 39.8 Å². The fourth-order valence-corrected chi connectivity index (χ4v) is 16.7. The summed E-state index contributed by atoms with van der Waals surface area (Å²) in [5, 5.41) is 102. The topological polar surface area (TPSA) is 380 Å². The lowest BCUT2D eigenvalue weighted by molar-refractivity contribution is -0.360. The summed E-state index contributed by atoms with van der Waals surface area (Å²) in [5.74, 6) is -2.97. The Morgan fingerprint density at radius 2 is 0.641 bits per heavy atom. The van der Waals surface area contributed by atoms with E-state index in [1.807, 2.05) is 0 Å². The largest absolute Gasteiger partial charge is 0.472 e. The van der Waals surface area contributed by atoms with E-state index in [1.54, 1.807) is 0 Å². The van der Waals surface area contributed by atoms with E-state index in [0.717, 1.165) is 128 Å². The normalized spacial score (nSPS) is 25.0. The molecule has 0 aromatic rings. The van der Waals surface area contributed by atoms with Gasteiger partial charge in [-0.2, -0.15) is 0 Å². The second kappa shape index (κ2) is 70.5. The monoisotopic (exact) mass is 1690 g/mol. The Bertz CT molecular complexity index is 2480. The van der Waals surface area contributed by atoms with Crippen LogP contribution in [0.25, 0.3) is 0 Å². The minimum Gasteiger partial charge on any atom is -0.463 e. The fourth-order valence-electron chi connectivity index (χ4n) is 15.7. The van der Waals surface area contributed by atoms with Crippen molar-refractivity contribution >= 4 is 31.7 Å².